The van der Waals surface area contributed by atoms with Crippen molar-refractivity contribution in [3.8, 4) is 11.5 Å². The van der Waals surface area contributed by atoms with Crippen molar-refractivity contribution in [2.24, 2.45) is 0 Å². The Kier molecular flexibility index (Phi) is 17.9. The molecule has 6 rings (SSSR count). The minimum atomic E-state index is -1.32. The first-order chi connectivity index (χ1) is 31.3. The zero-order chi connectivity index (χ0) is 45.2. The van der Waals surface area contributed by atoms with E-state index in [1.807, 2.05) is 78.9 Å². The predicted molar refractivity (Wildman–Crippen MR) is 241 cm³/mol. The first kappa shape index (κ1) is 47.4. The summed E-state index contributed by atoms with van der Waals surface area (Å²) in [5, 5.41) is 2.91. The summed E-state index contributed by atoms with van der Waals surface area (Å²) in [4.78, 5) is 41.1. The molecule has 0 bridgehead atoms. The third-order valence-electron chi connectivity index (χ3n) is 11.0. The van der Waals surface area contributed by atoms with E-state index < -0.39 is 54.1 Å². The zero-order valence-electron chi connectivity index (χ0n) is 37.0. The first-order valence-electron chi connectivity index (χ1n) is 21.9. The molecule has 64 heavy (non-hydrogen) atoms. The Morgan fingerprint density at radius 2 is 1.08 bits per heavy atom. The van der Waals surface area contributed by atoms with Gasteiger partial charge in [-0.25, -0.2) is 9.59 Å². The summed E-state index contributed by atoms with van der Waals surface area (Å²) in [6, 6.07) is 40.8. The summed E-state index contributed by atoms with van der Waals surface area (Å²) in [5.41, 5.74) is 1.53. The maximum absolute atomic E-state index is 14.1. The number of amides is 1. The Labute approximate surface area is 376 Å². The average molecular weight is 874 g/mol. The minimum Gasteiger partial charge on any atom is -0.497 e. The second kappa shape index (κ2) is 24.1. The molecule has 1 heterocycles. The Bertz CT molecular complexity index is 2120. The highest BCUT2D eigenvalue weighted by atomic mass is 16.7. The van der Waals surface area contributed by atoms with Crippen molar-refractivity contribution in [2.45, 2.75) is 82.2 Å². The van der Waals surface area contributed by atoms with Crippen molar-refractivity contribution in [3.05, 3.63) is 167 Å². The van der Waals surface area contributed by atoms with E-state index in [-0.39, 0.29) is 24.3 Å². The number of rotatable bonds is 23. The predicted octanol–water partition coefficient (Wildman–Crippen LogP) is 8.70. The highest BCUT2D eigenvalue weighted by Gasteiger charge is 2.52. The molecule has 12 nitrogen and oxygen atoms in total. The van der Waals surface area contributed by atoms with E-state index in [4.69, 9.17) is 37.9 Å². The molecular formula is C52H59NO11. The van der Waals surface area contributed by atoms with Crippen LogP contribution in [0.25, 0.3) is 0 Å². The van der Waals surface area contributed by atoms with Crippen molar-refractivity contribution in [2.75, 3.05) is 40.6 Å². The molecule has 1 fully saturated rings. The Balaban J connectivity index is 1.43. The fourth-order valence-electron chi connectivity index (χ4n) is 7.69. The molecule has 1 aliphatic rings. The van der Waals surface area contributed by atoms with E-state index >= 15 is 0 Å². The van der Waals surface area contributed by atoms with Crippen molar-refractivity contribution in [1.29, 1.82) is 0 Å². The number of carbonyl (C=O) groups is 3. The minimum absolute atomic E-state index is 0.221. The molecule has 5 atom stereocenters. The molecular weight excluding hydrogens is 815 g/mol. The number of nitrogens with one attached hydrogen (secondary N) is 1. The lowest BCUT2D eigenvalue weighted by atomic mass is 9.80. The smallest absolute Gasteiger partial charge is 0.338 e. The molecule has 0 aromatic heterocycles. The summed E-state index contributed by atoms with van der Waals surface area (Å²) in [5.74, 6) is -0.515. The van der Waals surface area contributed by atoms with E-state index in [0.29, 0.717) is 24.5 Å². The molecule has 0 aliphatic carbocycles. The number of hydrogen-bond donors (Lipinski definition) is 1. The van der Waals surface area contributed by atoms with E-state index in [2.05, 4.69) is 12.2 Å². The van der Waals surface area contributed by atoms with Gasteiger partial charge in [0.2, 0.25) is 5.91 Å². The van der Waals surface area contributed by atoms with Crippen LogP contribution >= 0.6 is 0 Å². The monoisotopic (exact) mass is 873 g/mol. The number of esters is 2. The van der Waals surface area contributed by atoms with Crippen LogP contribution in [-0.2, 0) is 38.8 Å². The van der Waals surface area contributed by atoms with E-state index in [0.717, 1.165) is 49.0 Å². The van der Waals surface area contributed by atoms with E-state index in [9.17, 15) is 14.4 Å². The van der Waals surface area contributed by atoms with Crippen molar-refractivity contribution < 1.29 is 52.3 Å². The Hall–Kier alpha value is -6.05. The molecule has 12 heteroatoms. The standard InChI is InChI=1S/C52H59NO11/c1-5-6-33-59-34-17-10-18-35-60-51-46(53-37(2)54)48(64-50(56)39-21-13-8-14-22-39)47(63-49(55)38-19-11-7-12-20-38)45(62-51)36-61-52(40-23-15-9-16-24-40,41-25-29-43(57-3)30-26-41)42-27-31-44(58-4)32-28-42/h7-9,11-16,19-32,45-48,51H,5-6,10,17-18,33-36H2,1-4H3,(H,53,54). The molecule has 1 aliphatic heterocycles. The molecule has 5 aromatic carbocycles. The lowest BCUT2D eigenvalue weighted by Gasteiger charge is -2.46. The van der Waals surface area contributed by atoms with Gasteiger partial charge >= 0.3 is 11.9 Å². The third kappa shape index (κ3) is 12.4. The molecule has 1 N–H and O–H groups in total. The molecule has 338 valence electrons. The van der Waals surface area contributed by atoms with Crippen LogP contribution in [0.4, 0.5) is 0 Å². The van der Waals surface area contributed by atoms with Crippen LogP contribution in [0.15, 0.2) is 140 Å². The third-order valence-corrected chi connectivity index (χ3v) is 11.0. The second-order valence-corrected chi connectivity index (χ2v) is 15.5. The van der Waals surface area contributed by atoms with Crippen LogP contribution in [0.3, 0.4) is 0 Å². The van der Waals surface area contributed by atoms with Crippen molar-refractivity contribution >= 4 is 17.8 Å². The number of methoxy groups -OCH3 is 2. The summed E-state index contributed by atoms with van der Waals surface area (Å²) in [7, 11) is 3.21. The molecule has 1 saturated heterocycles. The molecule has 0 spiro atoms. The lowest BCUT2D eigenvalue weighted by molar-refractivity contribution is -0.275. The normalized spacial score (nSPS) is 18.4. The van der Waals surface area contributed by atoms with Crippen LogP contribution in [-0.4, -0.2) is 89.1 Å². The van der Waals surface area contributed by atoms with Gasteiger partial charge in [0.1, 0.15) is 29.2 Å². The maximum atomic E-state index is 14.1. The molecule has 5 aromatic rings. The van der Waals surface area contributed by atoms with Gasteiger partial charge in [-0.1, -0.05) is 104 Å². The number of benzene rings is 5. The van der Waals surface area contributed by atoms with Gasteiger partial charge in [0.15, 0.2) is 18.5 Å². The van der Waals surface area contributed by atoms with Crippen LogP contribution in [0.1, 0.15) is 83.4 Å². The van der Waals surface area contributed by atoms with Crippen LogP contribution in [0.5, 0.6) is 11.5 Å². The van der Waals surface area contributed by atoms with Gasteiger partial charge in [-0.05, 0) is 90.9 Å². The Morgan fingerprint density at radius 3 is 1.59 bits per heavy atom. The topological polar surface area (TPSA) is 137 Å². The number of unbranched alkanes of at least 4 members (excludes halogenated alkanes) is 3. The quantitative estimate of drug-likeness (QED) is 0.0384. The average Bonchev–Trinajstić information content (AvgIpc) is 3.34. The highest BCUT2D eigenvalue weighted by Crippen LogP contribution is 2.43. The van der Waals surface area contributed by atoms with Crippen molar-refractivity contribution in [1.82, 2.24) is 5.32 Å². The van der Waals surface area contributed by atoms with Gasteiger partial charge in [0.05, 0.1) is 32.0 Å². The van der Waals surface area contributed by atoms with Gasteiger partial charge in [0.25, 0.3) is 0 Å². The summed E-state index contributed by atoms with van der Waals surface area (Å²) < 4.78 is 50.1. The van der Waals surface area contributed by atoms with Crippen molar-refractivity contribution in [3.63, 3.8) is 0 Å². The van der Waals surface area contributed by atoms with Gasteiger partial charge in [0, 0.05) is 26.7 Å². The largest absolute Gasteiger partial charge is 0.497 e. The summed E-state index contributed by atoms with van der Waals surface area (Å²) >= 11 is 0. The highest BCUT2D eigenvalue weighted by molar-refractivity contribution is 5.90. The number of carbonyl (C=O) groups excluding carboxylic acids is 3. The molecule has 0 saturated carbocycles. The van der Waals surface area contributed by atoms with Crippen LogP contribution < -0.4 is 14.8 Å². The van der Waals surface area contributed by atoms with E-state index in [1.165, 1.54) is 6.92 Å². The first-order valence-corrected chi connectivity index (χ1v) is 21.9. The molecule has 0 radical (unpaired) electrons. The summed E-state index contributed by atoms with van der Waals surface area (Å²) in [6.07, 6.45) is -0.495. The number of ether oxygens (including phenoxy) is 8. The Morgan fingerprint density at radius 1 is 0.594 bits per heavy atom. The zero-order valence-corrected chi connectivity index (χ0v) is 37.0. The van der Waals surface area contributed by atoms with Gasteiger partial charge in [-0.2, -0.15) is 0 Å². The molecule has 1 amide bonds. The van der Waals surface area contributed by atoms with Gasteiger partial charge in [-0.15, -0.1) is 0 Å². The maximum Gasteiger partial charge on any atom is 0.338 e. The summed E-state index contributed by atoms with van der Waals surface area (Å²) in [6.45, 7) is 4.88. The van der Waals surface area contributed by atoms with Crippen LogP contribution in [0.2, 0.25) is 0 Å². The van der Waals surface area contributed by atoms with Gasteiger partial charge < -0.3 is 43.2 Å². The fraction of sp³-hybridized carbons (Fsp3) is 0.365. The molecule has 5 unspecified atom stereocenters. The fourth-order valence-corrected chi connectivity index (χ4v) is 7.69. The van der Waals surface area contributed by atoms with E-state index in [1.54, 1.807) is 74.9 Å². The van der Waals surface area contributed by atoms with Crippen LogP contribution in [0, 0.1) is 0 Å². The van der Waals surface area contributed by atoms with Gasteiger partial charge in [-0.3, -0.25) is 4.79 Å². The lowest BCUT2D eigenvalue weighted by Crippen LogP contribution is -2.67. The SMILES string of the molecule is CCCCOCCCCCOC1OC(COC(c2ccccc2)(c2ccc(OC)cc2)c2ccc(OC)cc2)C(OC(=O)c2ccccc2)C(OC(=O)c2ccccc2)C1NC(C)=O. The second-order valence-electron chi connectivity index (χ2n) is 15.5. The number of hydrogen-bond acceptors (Lipinski definition) is 11.